The topological polar surface area (TPSA) is 108 Å². The Kier molecular flexibility index (Phi) is 26.0. The molecule has 0 bridgehead atoms. The van der Waals surface area contributed by atoms with Crippen molar-refractivity contribution >= 4 is 40.1 Å². The third kappa shape index (κ3) is 19.5. The quantitative estimate of drug-likeness (QED) is 0.0946. The molecule has 0 saturated heterocycles. The number of hydrogen-bond donors (Lipinski definition) is 1. The second-order valence-electron chi connectivity index (χ2n) is 28.3. The number of carboxylic acids is 1. The Hall–Kier alpha value is -13.3. The molecule has 0 aliphatic heterocycles. The second kappa shape index (κ2) is 37.6. The monoisotopic (exact) mass is 1670 g/mol. The fourth-order valence-electron chi connectivity index (χ4n) is 14.4. The van der Waals surface area contributed by atoms with Gasteiger partial charge in [0.25, 0.3) is 0 Å². The van der Waals surface area contributed by atoms with Crippen molar-refractivity contribution in [1.29, 1.82) is 0 Å². The predicted octanol–water partition coefficient (Wildman–Crippen LogP) is 26.6. The molecule has 1 fully saturated rings. The summed E-state index contributed by atoms with van der Waals surface area (Å²) in [6, 6.07) is 114. The summed E-state index contributed by atoms with van der Waals surface area (Å²) in [5.41, 5.74) is 29.4. The van der Waals surface area contributed by atoms with Crippen LogP contribution in [0.2, 0.25) is 0 Å². The zero-order chi connectivity index (χ0) is 77.9. The van der Waals surface area contributed by atoms with Gasteiger partial charge in [0.1, 0.15) is 5.69 Å². The van der Waals surface area contributed by atoms with Crippen molar-refractivity contribution in [2.45, 2.75) is 65.2 Å². The Morgan fingerprint density at radius 1 is 0.351 bits per heavy atom. The number of anilines is 6. The molecule has 1 aliphatic carbocycles. The number of aromatic carboxylic acids is 1. The summed E-state index contributed by atoms with van der Waals surface area (Å²) in [4.78, 5) is 35.4. The number of carboxylic acid groups (broad SMARTS) is 1. The minimum Gasteiger partial charge on any atom is -0.477 e. The van der Waals surface area contributed by atoms with Crippen molar-refractivity contribution in [2.24, 2.45) is 0 Å². The molecule has 0 amide bonds. The minimum atomic E-state index is -0.990. The molecule has 11 aromatic carbocycles. The fourth-order valence-corrected chi connectivity index (χ4v) is 14.4. The van der Waals surface area contributed by atoms with Gasteiger partial charge in [0.15, 0.2) is 0 Å². The van der Waals surface area contributed by atoms with Crippen molar-refractivity contribution in [3.63, 3.8) is 0 Å². The maximum atomic E-state index is 13.2. The van der Waals surface area contributed by atoms with Crippen molar-refractivity contribution in [3.05, 3.63) is 428 Å². The van der Waals surface area contributed by atoms with Crippen molar-refractivity contribution in [2.75, 3.05) is 9.80 Å². The van der Waals surface area contributed by atoms with E-state index in [0.717, 1.165) is 78.9 Å². The Bertz CT molecular complexity index is 5310. The van der Waals surface area contributed by atoms with Gasteiger partial charge in [-0.1, -0.05) is 217 Å². The van der Waals surface area contributed by atoms with E-state index in [9.17, 15) is 13.6 Å². The molecule has 1 radical (unpaired) electrons. The van der Waals surface area contributed by atoms with Crippen LogP contribution in [0, 0.1) is 45.4 Å². The zero-order valence-electron chi connectivity index (χ0n) is 63.8. The summed E-state index contributed by atoms with van der Waals surface area (Å²) >= 11 is 0. The van der Waals surface area contributed by atoms with Gasteiger partial charge in [-0.05, 0) is 253 Å². The Morgan fingerprint density at radius 3 is 0.974 bits per heavy atom. The standard InChI is InChI=1S/C46H46N2.C39H27N3.C11H6F2N.C6H5NO2.Ir/c1-34-8-20-40(21-9-34)47(41-22-10-35(2)11-23-41)44-28-16-38(17-29-44)46(32-6-5-7-33-46)39-18-30-45(31-19-39)48(42-24-12-36(3)13-25-42)43-26-14-37(4)15-27-43;1-7-28(34-13-4-16-40-25-34)19-31(10-1)37-22-38(32-11-2-8-29(20-32)35-14-5-17-41-26-35)24-39(23-37)33-12-3-9-30(21-33)36-15-6-18-42-27-36;12-8-4-5-9(10(13)7-8)11-3-1-2-6-14-11;8-6(9)5-3-1-2-4-7-5;/h8-31H,5-7,32-33H2,1-4H3;1-27H;1-4,6-7H;1-4H,(H,8,9);/q;;-1;;. The van der Waals surface area contributed by atoms with Crippen molar-refractivity contribution in [3.8, 4) is 78.0 Å². The molecule has 17 rings (SSSR count). The first kappa shape index (κ1) is 78.9. The summed E-state index contributed by atoms with van der Waals surface area (Å²) in [7, 11) is 0. The minimum absolute atomic E-state index is 0. The molecular weight excluding hydrogens is 1590 g/mol. The summed E-state index contributed by atoms with van der Waals surface area (Å²) in [6.45, 7) is 8.59. The predicted molar refractivity (Wildman–Crippen MR) is 457 cm³/mol. The summed E-state index contributed by atoms with van der Waals surface area (Å²) in [6.07, 6.45) is 20.3. The first-order chi connectivity index (χ1) is 55.3. The van der Waals surface area contributed by atoms with Crippen LogP contribution in [0.3, 0.4) is 0 Å². The average Bonchev–Trinajstić information content (AvgIpc) is 0.764. The van der Waals surface area contributed by atoms with Gasteiger partial charge in [0, 0.05) is 138 Å². The number of carbonyl (C=O) groups is 1. The molecule has 5 aromatic heterocycles. The number of hydrogen-bond acceptors (Lipinski definition) is 8. The van der Waals surface area contributed by atoms with Gasteiger partial charge >= 0.3 is 5.97 Å². The van der Waals surface area contributed by atoms with E-state index in [1.165, 1.54) is 112 Å². The van der Waals surface area contributed by atoms with Crippen LogP contribution in [0.15, 0.2) is 371 Å². The normalized spacial score (nSPS) is 11.8. The molecule has 12 heteroatoms. The molecule has 16 aromatic rings. The van der Waals surface area contributed by atoms with Crippen LogP contribution in [-0.2, 0) is 25.5 Å². The van der Waals surface area contributed by atoms with Crippen LogP contribution in [-0.4, -0.2) is 36.0 Å². The molecule has 0 atom stereocenters. The van der Waals surface area contributed by atoms with Gasteiger partial charge in [0.05, 0.1) is 0 Å². The van der Waals surface area contributed by atoms with Gasteiger partial charge in [-0.2, -0.15) is 0 Å². The van der Waals surface area contributed by atoms with Crippen LogP contribution in [0.25, 0.3) is 78.0 Å². The molecule has 9 nitrogen and oxygen atoms in total. The molecule has 0 spiro atoms. The van der Waals surface area contributed by atoms with Crippen LogP contribution in [0.1, 0.15) is 76.0 Å². The number of rotatable bonds is 16. The van der Waals surface area contributed by atoms with Gasteiger partial charge in [0.2, 0.25) is 0 Å². The summed E-state index contributed by atoms with van der Waals surface area (Å²) < 4.78 is 25.8. The van der Waals surface area contributed by atoms with E-state index in [-0.39, 0.29) is 36.8 Å². The average molecular weight is 1670 g/mol. The van der Waals surface area contributed by atoms with Crippen LogP contribution in [0.5, 0.6) is 0 Å². The molecule has 563 valence electrons. The van der Waals surface area contributed by atoms with E-state index in [4.69, 9.17) is 5.11 Å². The van der Waals surface area contributed by atoms with E-state index in [2.05, 4.69) is 323 Å². The third-order valence-electron chi connectivity index (χ3n) is 20.4. The van der Waals surface area contributed by atoms with E-state index in [1.807, 2.05) is 55.4 Å². The SMILES string of the molecule is Cc1ccc(N(c2ccc(C)cc2)c2ccc(C3(c4ccc(N(c5ccc(C)cc5)c5ccc(C)cc5)cc4)CCCCC3)cc2)cc1.Fc1c[c-]c(-c2ccccn2)c(F)c1.O=C(O)c1ccccn1.[Ir].c1cncc(-c2cccc(-c3cc(-c4cccc(-c5cccnc5)c4)cc(-c4cccc(-c5cccnc5)c4)c3)c2)c1. The van der Waals surface area contributed by atoms with Crippen LogP contribution in [0.4, 0.5) is 42.9 Å². The maximum absolute atomic E-state index is 13.2. The van der Waals surface area contributed by atoms with Gasteiger partial charge < -0.3 is 19.9 Å². The number of halogens is 2. The van der Waals surface area contributed by atoms with Gasteiger partial charge in [-0.15, -0.1) is 12.1 Å². The van der Waals surface area contributed by atoms with Gasteiger partial charge in [-0.25, -0.2) is 9.78 Å². The molecule has 1 saturated carbocycles. The molecule has 5 heterocycles. The molecule has 1 N–H and O–H groups in total. The number of benzene rings is 11. The Labute approximate surface area is 680 Å². The van der Waals surface area contributed by atoms with E-state index in [0.29, 0.717) is 5.69 Å². The summed E-state index contributed by atoms with van der Waals surface area (Å²) in [5.74, 6) is -2.28. The molecular formula is C102H84F2IrN7O2-. The van der Waals surface area contributed by atoms with Gasteiger partial charge in [-0.3, -0.25) is 23.7 Å². The Morgan fingerprint density at radius 2 is 0.675 bits per heavy atom. The van der Waals surface area contributed by atoms with E-state index >= 15 is 0 Å². The molecule has 114 heavy (non-hydrogen) atoms. The first-order valence-corrected chi connectivity index (χ1v) is 38.0. The third-order valence-corrected chi connectivity index (χ3v) is 20.4. The second-order valence-corrected chi connectivity index (χ2v) is 28.3. The molecule has 1 aliphatic rings. The van der Waals surface area contributed by atoms with E-state index in [1.54, 1.807) is 36.5 Å². The first-order valence-electron chi connectivity index (χ1n) is 38.0. The summed E-state index contributed by atoms with van der Waals surface area (Å²) in [5, 5.41) is 8.32. The largest absolute Gasteiger partial charge is 0.477 e. The fraction of sp³-hybridized carbons (Fsp3) is 0.0980. The maximum Gasteiger partial charge on any atom is 0.354 e. The number of aryl methyl sites for hydroxylation is 4. The molecule has 0 unspecified atom stereocenters. The number of nitrogens with zero attached hydrogens (tertiary/aromatic N) is 7. The number of pyridine rings is 5. The van der Waals surface area contributed by atoms with Crippen LogP contribution >= 0.6 is 0 Å². The smallest absolute Gasteiger partial charge is 0.354 e. The van der Waals surface area contributed by atoms with Crippen molar-refractivity contribution < 1.29 is 38.8 Å². The van der Waals surface area contributed by atoms with Crippen molar-refractivity contribution in [1.82, 2.24) is 24.9 Å². The number of aromatic nitrogens is 5. The zero-order valence-corrected chi connectivity index (χ0v) is 66.2. The van der Waals surface area contributed by atoms with E-state index < -0.39 is 17.6 Å². The Balaban J connectivity index is 0.000000155. The van der Waals surface area contributed by atoms with Crippen LogP contribution < -0.4 is 9.80 Å².